The summed E-state index contributed by atoms with van der Waals surface area (Å²) < 4.78 is 25.7. The fourth-order valence-electron chi connectivity index (χ4n) is 1.06. The second-order valence-corrected chi connectivity index (χ2v) is 4.18. The molecule has 0 fully saturated rings. The van der Waals surface area contributed by atoms with Gasteiger partial charge in [-0.1, -0.05) is 0 Å². The number of hydrogen-bond donors (Lipinski definition) is 2. The van der Waals surface area contributed by atoms with Gasteiger partial charge in [0.05, 0.1) is 11.6 Å². The van der Waals surface area contributed by atoms with E-state index in [0.717, 1.165) is 6.07 Å². The quantitative estimate of drug-likeness (QED) is 0.812. The Morgan fingerprint density at radius 3 is 2.07 bits per heavy atom. The second kappa shape index (κ2) is 4.14. The monoisotopic (exact) mass is 215 g/mol. The topological polar surface area (TPSA) is 32.3 Å². The van der Waals surface area contributed by atoms with Crippen molar-refractivity contribution >= 4 is 5.69 Å². The third kappa shape index (κ3) is 3.47. The molecule has 4 heteroatoms. The van der Waals surface area contributed by atoms with Gasteiger partial charge in [0.25, 0.3) is 0 Å². The van der Waals surface area contributed by atoms with Gasteiger partial charge in [-0.25, -0.2) is 8.78 Å². The summed E-state index contributed by atoms with van der Waals surface area (Å²) in [5.74, 6) is -1.28. The average Bonchev–Trinajstić information content (AvgIpc) is 1.99. The molecule has 1 rings (SSSR count). The van der Waals surface area contributed by atoms with Crippen molar-refractivity contribution in [2.75, 3.05) is 5.32 Å². The summed E-state index contributed by atoms with van der Waals surface area (Å²) >= 11 is 0. The molecule has 0 radical (unpaired) electrons. The molecule has 1 aromatic carbocycles. The standard InChI is InChI=1S/C11H15F2NO/c1-7(11(2,3)15)14-10-5-8(12)4-9(13)6-10/h4-7,14-15H,1-3H3. The van der Waals surface area contributed by atoms with Gasteiger partial charge < -0.3 is 10.4 Å². The van der Waals surface area contributed by atoms with Crippen LogP contribution in [0.5, 0.6) is 0 Å². The van der Waals surface area contributed by atoms with E-state index < -0.39 is 17.2 Å². The molecule has 0 aliphatic rings. The highest BCUT2D eigenvalue weighted by molar-refractivity contribution is 5.44. The molecule has 15 heavy (non-hydrogen) atoms. The highest BCUT2D eigenvalue weighted by Crippen LogP contribution is 2.17. The second-order valence-electron chi connectivity index (χ2n) is 4.18. The maximum absolute atomic E-state index is 12.8. The predicted molar refractivity (Wildman–Crippen MR) is 55.7 cm³/mol. The summed E-state index contributed by atoms with van der Waals surface area (Å²) in [4.78, 5) is 0. The number of aliphatic hydroxyl groups is 1. The molecule has 1 atom stereocenters. The SMILES string of the molecule is CC(Nc1cc(F)cc(F)c1)C(C)(C)O. The number of benzene rings is 1. The fourth-order valence-corrected chi connectivity index (χ4v) is 1.06. The van der Waals surface area contributed by atoms with Crippen LogP contribution in [0, 0.1) is 11.6 Å². The highest BCUT2D eigenvalue weighted by Gasteiger charge is 2.22. The maximum atomic E-state index is 12.8. The molecule has 2 N–H and O–H groups in total. The summed E-state index contributed by atoms with van der Waals surface area (Å²) in [6.45, 7) is 4.99. The van der Waals surface area contributed by atoms with Gasteiger partial charge in [0.1, 0.15) is 11.6 Å². The van der Waals surface area contributed by atoms with Crippen LogP contribution in [-0.4, -0.2) is 16.7 Å². The Kier molecular flexibility index (Phi) is 3.29. The molecule has 0 aliphatic carbocycles. The fraction of sp³-hybridized carbons (Fsp3) is 0.455. The largest absolute Gasteiger partial charge is 0.388 e. The van der Waals surface area contributed by atoms with Crippen LogP contribution in [0.2, 0.25) is 0 Å². The smallest absolute Gasteiger partial charge is 0.128 e. The van der Waals surface area contributed by atoms with E-state index >= 15 is 0 Å². The van der Waals surface area contributed by atoms with Gasteiger partial charge in [-0.3, -0.25) is 0 Å². The molecule has 0 spiro atoms. The Morgan fingerprint density at radius 1 is 1.20 bits per heavy atom. The molecule has 2 nitrogen and oxygen atoms in total. The van der Waals surface area contributed by atoms with E-state index in [1.165, 1.54) is 12.1 Å². The van der Waals surface area contributed by atoms with Gasteiger partial charge in [-0.05, 0) is 32.9 Å². The molecule has 0 aromatic heterocycles. The van der Waals surface area contributed by atoms with Crippen LogP contribution >= 0.6 is 0 Å². The number of halogens is 2. The lowest BCUT2D eigenvalue weighted by atomic mass is 10.0. The zero-order valence-corrected chi connectivity index (χ0v) is 9.01. The van der Waals surface area contributed by atoms with Gasteiger partial charge in [-0.2, -0.15) is 0 Å². The molecule has 0 saturated carbocycles. The Balaban J connectivity index is 2.81. The minimum Gasteiger partial charge on any atom is -0.388 e. The molecule has 0 bridgehead atoms. The summed E-state index contributed by atoms with van der Waals surface area (Å²) in [5.41, 5.74) is -0.634. The predicted octanol–water partition coefficient (Wildman–Crippen LogP) is 2.54. The molecule has 0 saturated heterocycles. The van der Waals surface area contributed by atoms with Crippen molar-refractivity contribution in [3.8, 4) is 0 Å². The minimum atomic E-state index is -0.956. The van der Waals surface area contributed by atoms with Gasteiger partial charge in [0.15, 0.2) is 0 Å². The molecule has 0 heterocycles. The Hall–Kier alpha value is -1.16. The van der Waals surface area contributed by atoms with E-state index in [2.05, 4.69) is 5.32 Å². The summed E-state index contributed by atoms with van der Waals surface area (Å²) in [5, 5.41) is 12.5. The van der Waals surface area contributed by atoms with Gasteiger partial charge in [0, 0.05) is 11.8 Å². The van der Waals surface area contributed by atoms with Crippen LogP contribution in [-0.2, 0) is 0 Å². The van der Waals surface area contributed by atoms with E-state index in [1.54, 1.807) is 20.8 Å². The van der Waals surface area contributed by atoms with E-state index in [4.69, 9.17) is 0 Å². The maximum Gasteiger partial charge on any atom is 0.128 e. The van der Waals surface area contributed by atoms with Gasteiger partial charge >= 0.3 is 0 Å². The van der Waals surface area contributed by atoms with E-state index in [-0.39, 0.29) is 6.04 Å². The zero-order chi connectivity index (χ0) is 11.6. The molecular weight excluding hydrogens is 200 g/mol. The molecule has 1 aromatic rings. The number of hydrogen-bond acceptors (Lipinski definition) is 2. The number of anilines is 1. The number of rotatable bonds is 3. The van der Waals surface area contributed by atoms with Crippen LogP contribution in [0.15, 0.2) is 18.2 Å². The normalized spacial score (nSPS) is 13.7. The van der Waals surface area contributed by atoms with Crippen molar-refractivity contribution in [1.29, 1.82) is 0 Å². The average molecular weight is 215 g/mol. The minimum absolute atomic E-state index is 0.307. The Labute approximate surface area is 87.9 Å². The molecule has 0 amide bonds. The van der Waals surface area contributed by atoms with Gasteiger partial charge in [-0.15, -0.1) is 0 Å². The van der Waals surface area contributed by atoms with E-state index in [1.807, 2.05) is 0 Å². The Bertz CT molecular complexity index is 327. The third-order valence-electron chi connectivity index (χ3n) is 2.31. The first-order valence-electron chi connectivity index (χ1n) is 4.74. The van der Waals surface area contributed by atoms with Crippen LogP contribution in [0.25, 0.3) is 0 Å². The van der Waals surface area contributed by atoms with Crippen LogP contribution in [0.1, 0.15) is 20.8 Å². The van der Waals surface area contributed by atoms with Crippen molar-refractivity contribution in [1.82, 2.24) is 0 Å². The zero-order valence-electron chi connectivity index (χ0n) is 9.01. The molecular formula is C11H15F2NO. The summed E-state index contributed by atoms with van der Waals surface area (Å²) in [7, 11) is 0. The number of nitrogens with one attached hydrogen (secondary N) is 1. The molecule has 84 valence electrons. The first-order chi connectivity index (χ1) is 6.79. The van der Waals surface area contributed by atoms with Crippen molar-refractivity contribution < 1.29 is 13.9 Å². The van der Waals surface area contributed by atoms with E-state index in [0.29, 0.717) is 5.69 Å². The first kappa shape index (κ1) is 11.9. The lowest BCUT2D eigenvalue weighted by molar-refractivity contribution is 0.0649. The summed E-state index contributed by atoms with van der Waals surface area (Å²) in [6, 6.07) is 2.87. The molecule has 0 aliphatic heterocycles. The van der Waals surface area contributed by atoms with Crippen molar-refractivity contribution in [3.05, 3.63) is 29.8 Å². The van der Waals surface area contributed by atoms with E-state index in [9.17, 15) is 13.9 Å². The van der Waals surface area contributed by atoms with Gasteiger partial charge in [0.2, 0.25) is 0 Å². The van der Waals surface area contributed by atoms with Crippen LogP contribution < -0.4 is 5.32 Å². The third-order valence-corrected chi connectivity index (χ3v) is 2.31. The van der Waals surface area contributed by atoms with Crippen molar-refractivity contribution in [2.45, 2.75) is 32.4 Å². The van der Waals surface area contributed by atoms with Crippen LogP contribution in [0.4, 0.5) is 14.5 Å². The van der Waals surface area contributed by atoms with Crippen molar-refractivity contribution in [3.63, 3.8) is 0 Å². The lowest BCUT2D eigenvalue weighted by Crippen LogP contribution is -2.39. The summed E-state index contributed by atoms with van der Waals surface area (Å²) in [6.07, 6.45) is 0. The molecule has 1 unspecified atom stereocenters. The first-order valence-corrected chi connectivity index (χ1v) is 4.74. The van der Waals surface area contributed by atoms with Crippen LogP contribution in [0.3, 0.4) is 0 Å². The van der Waals surface area contributed by atoms with Crippen molar-refractivity contribution in [2.24, 2.45) is 0 Å². The Morgan fingerprint density at radius 2 is 1.67 bits per heavy atom. The lowest BCUT2D eigenvalue weighted by Gasteiger charge is -2.27. The highest BCUT2D eigenvalue weighted by atomic mass is 19.1.